The van der Waals surface area contributed by atoms with Crippen LogP contribution in [-0.4, -0.2) is 45.7 Å². The Labute approximate surface area is 60.8 Å². The van der Waals surface area contributed by atoms with Gasteiger partial charge in [-0.05, 0) is 0 Å². The third-order valence-electron chi connectivity index (χ3n) is 0.156. The van der Waals surface area contributed by atoms with Gasteiger partial charge in [-0.15, -0.1) is 0 Å². The van der Waals surface area contributed by atoms with Crippen LogP contribution in [0.5, 0.6) is 0 Å². The van der Waals surface area contributed by atoms with E-state index in [1.807, 2.05) is 0 Å². The summed E-state index contributed by atoms with van der Waals surface area (Å²) in [6.07, 6.45) is -2.02. The minimum absolute atomic E-state index is 0. The quantitative estimate of drug-likeness (QED) is 0.257. The molecule has 0 aromatic carbocycles. The molecule has 0 bridgehead atoms. The van der Waals surface area contributed by atoms with Crippen molar-refractivity contribution in [1.29, 1.82) is 0 Å². The summed E-state index contributed by atoms with van der Waals surface area (Å²) in [5.74, 6) is 0. The van der Waals surface area contributed by atoms with Crippen LogP contribution in [0.4, 0.5) is 4.79 Å². The zero-order chi connectivity index (χ0) is 5.15. The van der Waals surface area contributed by atoms with Gasteiger partial charge in [0, 0.05) is 0 Å². The van der Waals surface area contributed by atoms with Crippen LogP contribution < -0.4 is 0 Å². The molecule has 0 radical (unpaired) electrons. The number of rotatable bonds is 0. The van der Waals surface area contributed by atoms with Crippen LogP contribution in [0.1, 0.15) is 0 Å². The first kappa shape index (κ1) is 9.98. The van der Waals surface area contributed by atoms with Crippen LogP contribution in [0.3, 0.4) is 0 Å². The molecule has 7 heavy (non-hydrogen) atoms. The van der Waals surface area contributed by atoms with Crippen molar-refractivity contribution in [2.75, 3.05) is 0 Å². The first-order valence-electron chi connectivity index (χ1n) is 1.02. The van der Waals surface area contributed by atoms with Crippen LogP contribution in [0.15, 0.2) is 0 Å². The van der Waals surface area contributed by atoms with E-state index < -0.39 is 11.0 Å². The molecule has 0 atom stereocenters. The average molecular weight is 115 g/mol. The summed E-state index contributed by atoms with van der Waals surface area (Å²) < 4.78 is 0. The van der Waals surface area contributed by atoms with Gasteiger partial charge >= 0.3 is 35.7 Å². The molecular weight excluding hydrogens is 113 g/mol. The van der Waals surface area contributed by atoms with E-state index in [-0.39, 0.29) is 29.6 Å². The molecule has 0 aliphatic heterocycles. The standard InChI is InChI=1S/CHNO4.Na.H/c3-1(4)2(5)6;;/h(H,3,4);;. The minimum atomic E-state index is -2.02. The fraction of sp³-hybridized carbons (Fsp3) is 0. The van der Waals surface area contributed by atoms with E-state index in [0.717, 1.165) is 0 Å². The van der Waals surface area contributed by atoms with Crippen molar-refractivity contribution in [2.45, 2.75) is 0 Å². The van der Waals surface area contributed by atoms with Crippen LogP contribution in [0.25, 0.3) is 0 Å². The fourth-order valence-corrected chi connectivity index (χ4v) is 0. The van der Waals surface area contributed by atoms with Crippen LogP contribution >= 0.6 is 0 Å². The zero-order valence-corrected chi connectivity index (χ0v) is 2.62. The molecule has 0 aromatic heterocycles. The summed E-state index contributed by atoms with van der Waals surface area (Å²) in [5, 5.41) is 16.2. The predicted molar refractivity (Wildman–Crippen MR) is 22.2 cm³/mol. The second kappa shape index (κ2) is 4.04. The number of carboxylic acid groups (broad SMARTS) is 1. The summed E-state index contributed by atoms with van der Waals surface area (Å²) >= 11 is 0. The maximum atomic E-state index is 9.00. The molecule has 36 valence electrons. The number of amides is 1. The van der Waals surface area contributed by atoms with E-state index in [1.165, 1.54) is 0 Å². The topological polar surface area (TPSA) is 80.4 Å². The third kappa shape index (κ3) is 5.87. The van der Waals surface area contributed by atoms with Crippen LogP contribution in [0, 0.1) is 10.1 Å². The first-order chi connectivity index (χ1) is 2.64. The van der Waals surface area contributed by atoms with E-state index in [2.05, 4.69) is 0 Å². The Hall–Kier alpha value is -0.130. The third-order valence-corrected chi connectivity index (χ3v) is 0.156. The molecule has 0 unspecified atom stereocenters. The number of hydrogen-bond acceptors (Lipinski definition) is 3. The van der Waals surface area contributed by atoms with Crippen molar-refractivity contribution in [3.05, 3.63) is 10.1 Å². The molecule has 0 fully saturated rings. The second-order valence-electron chi connectivity index (χ2n) is 0.540. The van der Waals surface area contributed by atoms with Crippen molar-refractivity contribution in [3.8, 4) is 0 Å². The van der Waals surface area contributed by atoms with Gasteiger partial charge < -0.3 is 5.11 Å². The van der Waals surface area contributed by atoms with Crippen molar-refractivity contribution in [3.63, 3.8) is 0 Å². The van der Waals surface area contributed by atoms with Gasteiger partial charge in [0.2, 0.25) is 0 Å². The van der Waals surface area contributed by atoms with Gasteiger partial charge in [0.05, 0.1) is 0 Å². The van der Waals surface area contributed by atoms with Crippen molar-refractivity contribution < 1.29 is 14.8 Å². The molecule has 0 aromatic rings. The van der Waals surface area contributed by atoms with Crippen molar-refractivity contribution >= 4 is 35.7 Å². The number of nitrogens with zero attached hydrogens (tertiary/aromatic N) is 1. The van der Waals surface area contributed by atoms with E-state index in [4.69, 9.17) is 20.0 Å². The second-order valence-corrected chi connectivity index (χ2v) is 0.540. The molecule has 0 spiro atoms. The Morgan fingerprint density at radius 2 is 1.86 bits per heavy atom. The van der Waals surface area contributed by atoms with Gasteiger partial charge in [-0.2, -0.15) is 4.79 Å². The van der Waals surface area contributed by atoms with E-state index in [0.29, 0.717) is 0 Å². The van der Waals surface area contributed by atoms with E-state index in [1.54, 1.807) is 0 Å². The Balaban J connectivity index is 0. The zero-order valence-electron chi connectivity index (χ0n) is 2.62. The molecule has 0 saturated heterocycles. The fourth-order valence-electron chi connectivity index (χ4n) is 0. The van der Waals surface area contributed by atoms with Crippen LogP contribution in [-0.2, 0) is 0 Å². The molecule has 6 heteroatoms. The van der Waals surface area contributed by atoms with E-state index >= 15 is 0 Å². The molecular formula is CH2NNaO4. The molecule has 0 saturated carbocycles. The van der Waals surface area contributed by atoms with Crippen molar-refractivity contribution in [1.82, 2.24) is 0 Å². The Morgan fingerprint density at radius 1 is 1.71 bits per heavy atom. The normalized spacial score (nSPS) is 6.29. The Bertz CT molecular complexity index is 77.7. The Morgan fingerprint density at radius 3 is 1.86 bits per heavy atom. The average Bonchev–Trinajstić information content (AvgIpc) is 1.36. The maximum absolute atomic E-state index is 9.00. The number of hydrogen-bond donors (Lipinski definition) is 1. The first-order valence-corrected chi connectivity index (χ1v) is 1.02. The number of carbonyl (C=O) groups is 1. The van der Waals surface area contributed by atoms with Gasteiger partial charge in [-0.1, -0.05) is 0 Å². The van der Waals surface area contributed by atoms with Crippen molar-refractivity contribution in [2.24, 2.45) is 0 Å². The molecule has 0 aliphatic rings. The summed E-state index contributed by atoms with van der Waals surface area (Å²) in [5.41, 5.74) is 0. The number of nitro groups is 1. The van der Waals surface area contributed by atoms with E-state index in [9.17, 15) is 0 Å². The van der Waals surface area contributed by atoms with Gasteiger partial charge in [-0.3, -0.25) is 10.1 Å². The summed E-state index contributed by atoms with van der Waals surface area (Å²) in [7, 11) is 0. The molecule has 5 nitrogen and oxygen atoms in total. The molecule has 1 amide bonds. The Kier molecular flexibility index (Phi) is 5.76. The molecule has 0 aliphatic carbocycles. The molecule has 1 N–H and O–H groups in total. The molecule has 0 rings (SSSR count). The van der Waals surface area contributed by atoms with Gasteiger partial charge in [0.15, 0.2) is 0 Å². The SMILES string of the molecule is O=C(O)[N+](=O)[O-].[NaH]. The van der Waals surface area contributed by atoms with Gasteiger partial charge in [0.25, 0.3) is 0 Å². The summed E-state index contributed by atoms with van der Waals surface area (Å²) in [6.45, 7) is 0. The molecule has 0 heterocycles. The monoisotopic (exact) mass is 115 g/mol. The van der Waals surface area contributed by atoms with Gasteiger partial charge in [-0.25, -0.2) is 0 Å². The summed E-state index contributed by atoms with van der Waals surface area (Å²) in [6, 6.07) is 0. The van der Waals surface area contributed by atoms with Crippen LogP contribution in [0.2, 0.25) is 0 Å². The summed E-state index contributed by atoms with van der Waals surface area (Å²) in [4.78, 5) is 16.5. The van der Waals surface area contributed by atoms with Gasteiger partial charge in [0.1, 0.15) is 4.92 Å². The predicted octanol–water partition coefficient (Wildman–Crippen LogP) is -0.707.